The van der Waals surface area contributed by atoms with Crippen LogP contribution in [-0.2, 0) is 23.1 Å². The molecule has 0 aliphatic carbocycles. The number of nitrogens with two attached hydrogens (primary N) is 1. The first-order valence-electron chi connectivity index (χ1n) is 15.0. The third-order valence-corrected chi connectivity index (χ3v) is 5.06. The fourth-order valence-corrected chi connectivity index (χ4v) is 3.29. The Morgan fingerprint density at radius 2 is 1.60 bits per heavy atom. The molecule has 0 radical (unpaired) electrons. The van der Waals surface area contributed by atoms with E-state index in [4.69, 9.17) is 22.8 Å². The lowest BCUT2D eigenvalue weighted by Gasteiger charge is -2.15. The van der Waals surface area contributed by atoms with Gasteiger partial charge in [0.15, 0.2) is 0 Å². The molecule has 180 valence electrons. The molecule has 0 aliphatic heterocycles. The van der Waals surface area contributed by atoms with Crippen molar-refractivity contribution in [3.63, 3.8) is 0 Å². The zero-order valence-corrected chi connectivity index (χ0v) is 18.5. The molecular weight excluding hydrogens is 409 g/mol. The summed E-state index contributed by atoms with van der Waals surface area (Å²) in [6.45, 7) is -4.36. The normalized spacial score (nSPS) is 20.7. The highest BCUT2D eigenvalue weighted by Crippen LogP contribution is 2.42. The molecule has 0 saturated heterocycles. The van der Waals surface area contributed by atoms with Gasteiger partial charge in [0.2, 0.25) is 0 Å². The summed E-state index contributed by atoms with van der Waals surface area (Å²) in [7, 11) is -4.31. The van der Waals surface area contributed by atoms with Gasteiger partial charge in [-0.25, -0.2) is 4.57 Å². The van der Waals surface area contributed by atoms with Crippen molar-refractivity contribution < 1.29 is 45.5 Å². The van der Waals surface area contributed by atoms with Crippen molar-refractivity contribution in [2.24, 2.45) is 5.73 Å². The molecule has 30 heavy (non-hydrogen) atoms. The summed E-state index contributed by atoms with van der Waals surface area (Å²) in [6.07, 6.45) is -3.75. The maximum atomic E-state index is 11.7. The van der Waals surface area contributed by atoms with E-state index in [1.54, 1.807) is 0 Å². The van der Waals surface area contributed by atoms with E-state index in [2.05, 4.69) is 9.05 Å². The summed E-state index contributed by atoms with van der Waals surface area (Å²) in [5.41, 5.74) is 5.15. The van der Waals surface area contributed by atoms with Gasteiger partial charge in [0, 0.05) is 25.3 Å². The molecule has 9 heteroatoms. The molecule has 0 rings (SSSR count). The lowest BCUT2D eigenvalue weighted by Crippen LogP contribution is -2.23. The maximum absolute atomic E-state index is 11.7. The highest BCUT2D eigenvalue weighted by molar-refractivity contribution is 7.47. The Morgan fingerprint density at radius 1 is 1.00 bits per heavy atom. The Balaban J connectivity index is 3.90. The van der Waals surface area contributed by atoms with Gasteiger partial charge < -0.3 is 20.5 Å². The van der Waals surface area contributed by atoms with Crippen molar-refractivity contribution in [1.82, 2.24) is 0 Å². The molecule has 0 aromatic carbocycles. The number of phosphoric acid groups is 1. The first-order valence-corrected chi connectivity index (χ1v) is 12.0. The van der Waals surface area contributed by atoms with Crippen molar-refractivity contribution >= 4 is 13.8 Å². The molecule has 0 fully saturated rings. The number of rotatable bonds is 22. The number of carbonyl (C=O) groups excluding carboxylic acids is 1. The van der Waals surface area contributed by atoms with Gasteiger partial charge in [0.1, 0.15) is 12.7 Å². The summed E-state index contributed by atoms with van der Waals surface area (Å²) in [6, 6.07) is 0. The van der Waals surface area contributed by atoms with E-state index in [0.717, 1.165) is 38.5 Å². The molecule has 2 atom stereocenters. The molecule has 0 heterocycles. The van der Waals surface area contributed by atoms with Crippen LogP contribution in [0.25, 0.3) is 0 Å². The average Bonchev–Trinajstić information content (AvgIpc) is 2.82. The van der Waals surface area contributed by atoms with Crippen LogP contribution < -0.4 is 5.73 Å². The summed E-state index contributed by atoms with van der Waals surface area (Å²) < 4.78 is 93.8. The Morgan fingerprint density at radius 3 is 2.20 bits per heavy atom. The van der Waals surface area contributed by atoms with Crippen LogP contribution in [0.15, 0.2) is 0 Å². The molecule has 0 bridgehead atoms. The number of phosphoric ester groups is 1. The van der Waals surface area contributed by atoms with Crippen LogP contribution in [0.2, 0.25) is 0 Å². The number of hydrogen-bond donors (Lipinski definition) is 3. The number of ether oxygens (including phenoxy) is 1. The van der Waals surface area contributed by atoms with Crippen LogP contribution in [0, 0.1) is 0 Å². The van der Waals surface area contributed by atoms with E-state index < -0.39 is 52.5 Å². The van der Waals surface area contributed by atoms with Gasteiger partial charge in [-0.15, -0.1) is 0 Å². The number of aliphatic hydroxyl groups excluding tert-OH is 1. The van der Waals surface area contributed by atoms with Crippen LogP contribution in [-0.4, -0.2) is 48.4 Å². The summed E-state index contributed by atoms with van der Waals surface area (Å²) in [4.78, 5) is 21.1. The van der Waals surface area contributed by atoms with Gasteiger partial charge in [0.25, 0.3) is 0 Å². The molecule has 0 aromatic rings. The zero-order chi connectivity index (χ0) is 30.4. The molecular formula is C21H44NO7P. The molecule has 0 aromatic heterocycles. The predicted octanol–water partition coefficient (Wildman–Crippen LogP) is 4.46. The number of aliphatic hydroxyl groups is 1. The van der Waals surface area contributed by atoms with E-state index >= 15 is 0 Å². The van der Waals surface area contributed by atoms with Crippen LogP contribution in [0.4, 0.5) is 0 Å². The number of hydrogen-bond acceptors (Lipinski definition) is 7. The summed E-state index contributed by atoms with van der Waals surface area (Å²) in [5.74, 6) is -0.503. The van der Waals surface area contributed by atoms with Gasteiger partial charge >= 0.3 is 13.8 Å². The van der Waals surface area contributed by atoms with E-state index in [1.165, 1.54) is 0 Å². The van der Waals surface area contributed by atoms with Gasteiger partial charge in [-0.1, -0.05) is 83.8 Å². The van der Waals surface area contributed by atoms with Crippen molar-refractivity contribution in [2.75, 3.05) is 26.4 Å². The second kappa shape index (κ2) is 20.4. The number of unbranched alkanes of at least 4 members (excludes halogenated alkanes) is 8. The van der Waals surface area contributed by atoms with Crippen LogP contribution >= 0.6 is 7.82 Å². The highest BCUT2D eigenvalue weighted by Gasteiger charge is 2.22. The SMILES string of the molecule is [2H]C([2H])([2H])C([2H])([2H])C([2H])([2H])C([2H])([2H])CCCCCCCCCCCC(=O)OC[C@@H](O)COP(=O)(O)OCCN. The van der Waals surface area contributed by atoms with Gasteiger partial charge in [-0.05, 0) is 6.42 Å². The van der Waals surface area contributed by atoms with Crippen molar-refractivity contribution in [2.45, 2.75) is 103 Å². The van der Waals surface area contributed by atoms with Crippen LogP contribution in [0.3, 0.4) is 0 Å². The highest BCUT2D eigenvalue weighted by atomic mass is 31.2. The molecule has 0 amide bonds. The topological polar surface area (TPSA) is 128 Å². The minimum Gasteiger partial charge on any atom is -0.463 e. The van der Waals surface area contributed by atoms with E-state index in [0.29, 0.717) is 19.3 Å². The lowest BCUT2D eigenvalue weighted by molar-refractivity contribution is -0.147. The Bertz CT molecular complexity index is 758. The fourth-order valence-electron chi connectivity index (χ4n) is 2.52. The minimum absolute atomic E-state index is 0.0272. The first-order chi connectivity index (χ1) is 17.8. The van der Waals surface area contributed by atoms with Crippen LogP contribution in [0.1, 0.15) is 109 Å². The Hall–Kier alpha value is -0.500. The van der Waals surface area contributed by atoms with E-state index in [1.807, 2.05) is 0 Å². The van der Waals surface area contributed by atoms with Crippen molar-refractivity contribution in [3.05, 3.63) is 0 Å². The molecule has 0 spiro atoms. The largest absolute Gasteiger partial charge is 0.472 e. The van der Waals surface area contributed by atoms with Crippen molar-refractivity contribution in [1.29, 1.82) is 0 Å². The smallest absolute Gasteiger partial charge is 0.463 e. The third-order valence-electron chi connectivity index (χ3n) is 4.07. The molecule has 8 nitrogen and oxygen atoms in total. The Kier molecular flexibility index (Phi) is 11.6. The van der Waals surface area contributed by atoms with Crippen molar-refractivity contribution in [3.8, 4) is 0 Å². The van der Waals surface area contributed by atoms with Gasteiger partial charge in [-0.3, -0.25) is 13.8 Å². The minimum atomic E-state index is -4.31. The summed E-state index contributed by atoms with van der Waals surface area (Å²) in [5, 5.41) is 9.68. The zero-order valence-electron chi connectivity index (χ0n) is 26.6. The number of carbonyl (C=O) groups is 1. The van der Waals surface area contributed by atoms with E-state index in [-0.39, 0.29) is 32.6 Å². The third kappa shape index (κ3) is 20.8. The predicted molar refractivity (Wildman–Crippen MR) is 118 cm³/mol. The lowest BCUT2D eigenvalue weighted by atomic mass is 10.0. The standard InChI is InChI=1S/C21H44NO7P/c1-2-3-4-5-6-7-8-9-10-11-12-13-14-15-21(24)27-18-20(23)19-29-30(25,26)28-17-16-22/h20,23H,2-19,22H2,1H3,(H,25,26)/t20-/m1/s1/i1D3,2D2,3D2,4D2. The van der Waals surface area contributed by atoms with Gasteiger partial charge in [-0.2, -0.15) is 0 Å². The second-order valence-corrected chi connectivity index (χ2v) is 8.29. The fraction of sp³-hybridized carbons (Fsp3) is 0.952. The molecule has 0 aliphatic rings. The van der Waals surface area contributed by atoms with Gasteiger partial charge in [0.05, 0.1) is 13.2 Å². The summed E-state index contributed by atoms with van der Waals surface area (Å²) >= 11 is 0. The Labute approximate surface area is 195 Å². The first kappa shape index (κ1) is 17.0. The van der Waals surface area contributed by atoms with E-state index in [9.17, 15) is 19.4 Å². The monoisotopic (exact) mass is 462 g/mol. The molecule has 4 N–H and O–H groups in total. The quantitative estimate of drug-likeness (QED) is 0.122. The second-order valence-electron chi connectivity index (χ2n) is 6.83. The van der Waals surface area contributed by atoms with Crippen LogP contribution in [0.5, 0.6) is 0 Å². The maximum Gasteiger partial charge on any atom is 0.472 e. The number of esters is 1. The average molecular weight is 463 g/mol. The molecule has 0 saturated carbocycles. The molecule has 1 unspecified atom stereocenters.